The predicted octanol–water partition coefficient (Wildman–Crippen LogP) is 3.09. The largest absolute Gasteiger partial charge is 0.454 e. The van der Waals surface area contributed by atoms with Crippen LogP contribution in [-0.2, 0) is 4.74 Å². The molecule has 0 aromatic heterocycles. The van der Waals surface area contributed by atoms with Gasteiger partial charge in [-0.15, -0.1) is 0 Å². The molecule has 0 bridgehead atoms. The van der Waals surface area contributed by atoms with Gasteiger partial charge in [-0.05, 0) is 25.8 Å². The van der Waals surface area contributed by atoms with E-state index in [1.165, 1.54) is 0 Å². The smallest absolute Gasteiger partial charge is 0.339 e. The number of carbonyl (C=O) groups is 1. The first-order chi connectivity index (χ1) is 8.24. The zero-order valence-corrected chi connectivity index (χ0v) is 10.5. The number of aliphatic hydroxyl groups is 1. The van der Waals surface area contributed by atoms with E-state index < -0.39 is 0 Å². The fourth-order valence-electron chi connectivity index (χ4n) is 1.82. The zero-order chi connectivity index (χ0) is 12.7. The van der Waals surface area contributed by atoms with Crippen LogP contribution in [0.2, 0.25) is 0 Å². The molecule has 0 aliphatic carbocycles. The molecular weight excluding hydrogens is 216 g/mol. The van der Waals surface area contributed by atoms with Gasteiger partial charge in [-0.3, -0.25) is 0 Å². The summed E-state index contributed by atoms with van der Waals surface area (Å²) in [6, 6.07) is 7.66. The first kappa shape index (κ1) is 13.7. The minimum atomic E-state index is -0.165. The summed E-state index contributed by atoms with van der Waals surface area (Å²) in [7, 11) is 0. The summed E-state index contributed by atoms with van der Waals surface area (Å²) in [6.45, 7) is 4.07. The summed E-state index contributed by atoms with van der Waals surface area (Å²) >= 11 is 0. The second-order valence-corrected chi connectivity index (χ2v) is 3.94. The van der Waals surface area contributed by atoms with Gasteiger partial charge in [0.25, 0.3) is 0 Å². The monoisotopic (exact) mass is 236 g/mol. The highest BCUT2D eigenvalue weighted by Gasteiger charge is 2.29. The molecule has 1 aromatic carbocycles. The lowest BCUT2D eigenvalue weighted by atomic mass is 10.0. The van der Waals surface area contributed by atoms with Gasteiger partial charge in [-0.25, -0.2) is 4.79 Å². The van der Waals surface area contributed by atoms with Crippen LogP contribution < -0.4 is 0 Å². The number of hydrogen-bond acceptors (Lipinski definition) is 3. The molecule has 17 heavy (non-hydrogen) atoms. The summed E-state index contributed by atoms with van der Waals surface area (Å²) in [4.78, 5) is 11.4. The highest BCUT2D eigenvalue weighted by atomic mass is 16.5. The van der Waals surface area contributed by atoms with Crippen LogP contribution >= 0.6 is 0 Å². The van der Waals surface area contributed by atoms with Gasteiger partial charge in [0.2, 0.25) is 0 Å². The van der Waals surface area contributed by atoms with E-state index in [1.807, 2.05) is 24.3 Å². The molecule has 0 fully saturated rings. The molecule has 1 heterocycles. The molecule has 1 unspecified atom stereocenters. The van der Waals surface area contributed by atoms with Crippen LogP contribution in [0, 0.1) is 0 Å². The molecule has 94 valence electrons. The summed E-state index contributed by atoms with van der Waals surface area (Å²) in [6.07, 6.45) is 3.18. The molecule has 0 amide bonds. The number of esters is 1. The van der Waals surface area contributed by atoms with Crippen molar-refractivity contribution < 1.29 is 14.6 Å². The second-order valence-electron chi connectivity index (χ2n) is 3.94. The molecule has 0 radical (unpaired) electrons. The molecule has 0 saturated heterocycles. The lowest BCUT2D eigenvalue weighted by molar-refractivity contribution is 0.0364. The van der Waals surface area contributed by atoms with E-state index in [0.717, 1.165) is 30.4 Å². The fourth-order valence-corrected chi connectivity index (χ4v) is 1.82. The molecule has 3 heteroatoms. The van der Waals surface area contributed by atoms with Crippen LogP contribution in [-0.4, -0.2) is 17.7 Å². The summed E-state index contributed by atoms with van der Waals surface area (Å²) in [5.74, 6) is -0.165. The Morgan fingerprint density at radius 2 is 1.94 bits per heavy atom. The van der Waals surface area contributed by atoms with Gasteiger partial charge < -0.3 is 9.84 Å². The van der Waals surface area contributed by atoms with Crippen molar-refractivity contribution >= 4 is 5.97 Å². The lowest BCUT2D eigenvalue weighted by Gasteiger charge is -2.08. The number of aliphatic hydroxyl groups excluding tert-OH is 1. The first-order valence-electron chi connectivity index (χ1n) is 6.15. The van der Waals surface area contributed by atoms with Gasteiger partial charge in [0.15, 0.2) is 0 Å². The highest BCUT2D eigenvalue weighted by Crippen LogP contribution is 2.33. The third kappa shape index (κ3) is 3.56. The third-order valence-electron chi connectivity index (χ3n) is 2.60. The average molecular weight is 236 g/mol. The van der Waals surface area contributed by atoms with Crippen LogP contribution in [0.5, 0.6) is 0 Å². The van der Waals surface area contributed by atoms with Gasteiger partial charge in [0.1, 0.15) is 6.10 Å². The quantitative estimate of drug-likeness (QED) is 0.820. The second kappa shape index (κ2) is 7.07. The number of benzene rings is 1. The van der Waals surface area contributed by atoms with Crippen molar-refractivity contribution in [3.8, 4) is 0 Å². The molecule has 0 spiro atoms. The number of rotatable bonds is 3. The van der Waals surface area contributed by atoms with Gasteiger partial charge in [-0.1, -0.05) is 31.5 Å². The van der Waals surface area contributed by atoms with Crippen molar-refractivity contribution in [3.05, 3.63) is 35.4 Å². The molecule has 1 aromatic rings. The van der Waals surface area contributed by atoms with E-state index in [0.29, 0.717) is 0 Å². The van der Waals surface area contributed by atoms with E-state index >= 15 is 0 Å². The number of unbranched alkanes of at least 4 members (excludes halogenated alkanes) is 1. The molecule has 0 saturated carbocycles. The minimum Gasteiger partial charge on any atom is -0.454 e. The number of fused-ring (bicyclic) bond motifs is 1. The molecule has 1 aliphatic heterocycles. The molecular formula is C14H20O3. The van der Waals surface area contributed by atoms with Crippen LogP contribution in [0.15, 0.2) is 24.3 Å². The molecule has 2 rings (SSSR count). The van der Waals surface area contributed by atoms with Crippen LogP contribution in [0.4, 0.5) is 0 Å². The molecule has 1 N–H and O–H groups in total. The van der Waals surface area contributed by atoms with E-state index in [1.54, 1.807) is 6.92 Å². The summed E-state index contributed by atoms with van der Waals surface area (Å²) in [5, 5.41) is 7.57. The van der Waals surface area contributed by atoms with E-state index in [2.05, 4.69) is 6.92 Å². The van der Waals surface area contributed by atoms with Crippen LogP contribution in [0.25, 0.3) is 0 Å². The van der Waals surface area contributed by atoms with Crippen molar-refractivity contribution in [2.45, 2.75) is 39.2 Å². The van der Waals surface area contributed by atoms with Crippen molar-refractivity contribution in [1.82, 2.24) is 0 Å². The first-order valence-corrected chi connectivity index (χ1v) is 6.15. The molecule has 3 nitrogen and oxygen atoms in total. The normalized spacial score (nSPS) is 16.9. The summed E-state index contributed by atoms with van der Waals surface area (Å²) in [5.41, 5.74) is 1.81. The predicted molar refractivity (Wildman–Crippen MR) is 66.9 cm³/mol. The van der Waals surface area contributed by atoms with E-state index in [4.69, 9.17) is 9.84 Å². The standard InChI is InChI=1S/C12H14O2.C2H6O/c1-2-3-8-11-9-6-4-5-7-10(9)12(13)14-11;1-2-3/h4-7,11H,2-3,8H2,1H3;3H,2H2,1H3. The Labute approximate surface area is 102 Å². The van der Waals surface area contributed by atoms with Crippen molar-refractivity contribution in [2.24, 2.45) is 0 Å². The third-order valence-corrected chi connectivity index (χ3v) is 2.60. The SMILES string of the molecule is CCCCC1OC(=O)c2ccccc21.CCO. The number of ether oxygens (including phenoxy) is 1. The van der Waals surface area contributed by atoms with Gasteiger partial charge >= 0.3 is 5.97 Å². The van der Waals surface area contributed by atoms with Crippen LogP contribution in [0.3, 0.4) is 0 Å². The Hall–Kier alpha value is -1.35. The topological polar surface area (TPSA) is 46.5 Å². The van der Waals surface area contributed by atoms with Gasteiger partial charge in [-0.2, -0.15) is 0 Å². The van der Waals surface area contributed by atoms with Gasteiger partial charge in [0, 0.05) is 12.2 Å². The highest BCUT2D eigenvalue weighted by molar-refractivity contribution is 5.93. The lowest BCUT2D eigenvalue weighted by Crippen LogP contribution is -1.98. The fraction of sp³-hybridized carbons (Fsp3) is 0.500. The van der Waals surface area contributed by atoms with E-state index in [9.17, 15) is 4.79 Å². The number of hydrogen-bond donors (Lipinski definition) is 1. The van der Waals surface area contributed by atoms with Crippen molar-refractivity contribution in [2.75, 3.05) is 6.61 Å². The molecule has 1 aliphatic rings. The Morgan fingerprint density at radius 1 is 1.29 bits per heavy atom. The zero-order valence-electron chi connectivity index (χ0n) is 10.5. The summed E-state index contributed by atoms with van der Waals surface area (Å²) < 4.78 is 5.29. The number of carbonyl (C=O) groups excluding carboxylic acids is 1. The van der Waals surface area contributed by atoms with Gasteiger partial charge in [0.05, 0.1) is 5.56 Å². The average Bonchev–Trinajstić information content (AvgIpc) is 2.66. The number of cyclic esters (lactones) is 1. The van der Waals surface area contributed by atoms with E-state index in [-0.39, 0.29) is 18.7 Å². The Kier molecular flexibility index (Phi) is 5.70. The Morgan fingerprint density at radius 3 is 2.59 bits per heavy atom. The minimum absolute atomic E-state index is 0.00125. The maximum absolute atomic E-state index is 11.4. The Balaban J connectivity index is 0.000000437. The molecule has 1 atom stereocenters. The maximum Gasteiger partial charge on any atom is 0.339 e. The maximum atomic E-state index is 11.4. The van der Waals surface area contributed by atoms with Crippen molar-refractivity contribution in [1.29, 1.82) is 0 Å². The Bertz CT molecular complexity index is 360. The van der Waals surface area contributed by atoms with Crippen molar-refractivity contribution in [3.63, 3.8) is 0 Å². The van der Waals surface area contributed by atoms with Crippen LogP contribution in [0.1, 0.15) is 55.1 Å².